The zero-order valence-corrected chi connectivity index (χ0v) is 41.1. The zero-order valence-electron chi connectivity index (χ0n) is 30.2. The summed E-state index contributed by atoms with van der Waals surface area (Å²) in [5, 5.41) is 1.03. The summed E-state index contributed by atoms with van der Waals surface area (Å²) in [6, 6.07) is 0. The molecular formula is C31H60B3Br4Cl2N3Si3. The van der Waals surface area contributed by atoms with Crippen molar-refractivity contribution in [1.29, 1.82) is 0 Å². The van der Waals surface area contributed by atoms with Crippen molar-refractivity contribution in [2.45, 2.75) is 124 Å². The molecule has 0 unspecified atom stereocenters. The summed E-state index contributed by atoms with van der Waals surface area (Å²) in [5.41, 5.74) is 0. The van der Waals surface area contributed by atoms with Crippen LogP contribution in [-0.4, -0.2) is 58.1 Å². The largest absolute Gasteiger partial charge is 0.447 e. The molecule has 262 valence electrons. The SMILES string of the molecule is BrBr.C.CC(C)(C)[Si](C)(C)N1BC(Br)=CC=C1.CC(C)(C)[Si](C)(C)N1C=CC=C(Br)B1Cl.CC(C)(C)[Si](C)(C)N1C=CC=CB1Cl. The maximum Gasteiger partial charge on any atom is 0.393 e. The van der Waals surface area contributed by atoms with E-state index in [2.05, 4.69) is 218 Å². The van der Waals surface area contributed by atoms with Crippen molar-refractivity contribution in [1.82, 2.24) is 13.4 Å². The first-order chi connectivity index (χ1) is 20.2. The first-order valence-corrected chi connectivity index (χ1v) is 30.4. The Kier molecular flexibility index (Phi) is 21.1. The molecule has 46 heavy (non-hydrogen) atoms. The number of hydrogen-bond acceptors (Lipinski definition) is 3. The second-order valence-electron chi connectivity index (χ2n) is 16.2. The molecular weight excluding hydrogens is 922 g/mol. The van der Waals surface area contributed by atoms with Crippen LogP contribution in [0.3, 0.4) is 0 Å². The predicted octanol–water partition coefficient (Wildman–Crippen LogP) is 13.7. The van der Waals surface area contributed by atoms with Crippen LogP contribution in [0.2, 0.25) is 54.4 Å². The van der Waals surface area contributed by atoms with E-state index in [0.29, 0.717) is 15.1 Å². The molecule has 15 heteroatoms. The topological polar surface area (TPSA) is 9.72 Å². The van der Waals surface area contributed by atoms with Gasteiger partial charge in [0.2, 0.25) is 0 Å². The molecule has 0 atom stereocenters. The minimum absolute atomic E-state index is 0. The lowest BCUT2D eigenvalue weighted by Gasteiger charge is -2.47. The van der Waals surface area contributed by atoms with Crippen molar-refractivity contribution in [3.05, 3.63) is 69.8 Å². The van der Waals surface area contributed by atoms with E-state index in [1.165, 1.54) is 4.38 Å². The Morgan fingerprint density at radius 1 is 0.630 bits per heavy atom. The van der Waals surface area contributed by atoms with Crippen molar-refractivity contribution >= 4 is 128 Å². The van der Waals surface area contributed by atoms with Crippen LogP contribution >= 0.6 is 83.0 Å². The van der Waals surface area contributed by atoms with Gasteiger partial charge in [-0.1, -0.05) is 165 Å². The average molecular weight is 982 g/mol. The summed E-state index contributed by atoms with van der Waals surface area (Å²) in [6.45, 7) is 35.1. The van der Waals surface area contributed by atoms with Gasteiger partial charge in [0.1, 0.15) is 24.7 Å². The van der Waals surface area contributed by atoms with Crippen LogP contribution in [0.1, 0.15) is 69.7 Å². The molecule has 0 aromatic carbocycles. The monoisotopic (exact) mass is 977 g/mol. The van der Waals surface area contributed by atoms with Crippen molar-refractivity contribution in [3.63, 3.8) is 0 Å². The maximum absolute atomic E-state index is 6.42. The van der Waals surface area contributed by atoms with Crippen LogP contribution < -0.4 is 0 Å². The second-order valence-corrected chi connectivity index (χ2v) is 34.4. The molecule has 3 aliphatic rings. The molecule has 3 rings (SSSR count). The Bertz CT molecular complexity index is 1140. The number of nitrogens with zero attached hydrogens (tertiary/aromatic N) is 3. The predicted molar refractivity (Wildman–Crippen MR) is 243 cm³/mol. The van der Waals surface area contributed by atoms with Crippen LogP contribution in [0.5, 0.6) is 0 Å². The van der Waals surface area contributed by atoms with E-state index in [9.17, 15) is 0 Å². The van der Waals surface area contributed by atoms with E-state index in [-0.39, 0.29) is 20.0 Å². The van der Waals surface area contributed by atoms with Crippen molar-refractivity contribution in [2.75, 3.05) is 0 Å². The minimum Gasteiger partial charge on any atom is -0.447 e. The minimum atomic E-state index is -1.57. The highest BCUT2D eigenvalue weighted by Crippen LogP contribution is 2.42. The molecule has 0 aliphatic carbocycles. The molecule has 0 amide bonds. The third-order valence-electron chi connectivity index (χ3n) is 10.2. The van der Waals surface area contributed by atoms with Crippen LogP contribution in [0.15, 0.2) is 69.8 Å². The third kappa shape index (κ3) is 13.4. The van der Waals surface area contributed by atoms with Crippen LogP contribution in [-0.2, 0) is 0 Å². The summed E-state index contributed by atoms with van der Waals surface area (Å²) in [6.07, 6.45) is 18.9. The summed E-state index contributed by atoms with van der Waals surface area (Å²) in [4.78, 5) is 0. The Morgan fingerprint density at radius 2 is 1.04 bits per heavy atom. The fraction of sp³-hybridized carbons (Fsp3) is 0.613. The van der Waals surface area contributed by atoms with E-state index in [1.807, 2.05) is 18.1 Å². The molecule has 0 N–H and O–H groups in total. The Hall–Kier alpha value is 1.19. The van der Waals surface area contributed by atoms with Gasteiger partial charge < -0.3 is 13.4 Å². The third-order valence-corrected chi connectivity index (χ3v) is 29.0. The van der Waals surface area contributed by atoms with Gasteiger partial charge in [-0.2, -0.15) is 22.9 Å². The number of hydrogen-bond donors (Lipinski definition) is 0. The molecule has 0 spiro atoms. The lowest BCUT2D eigenvalue weighted by molar-refractivity contribution is 0.655. The molecule has 0 saturated carbocycles. The molecule has 3 nitrogen and oxygen atoms in total. The second kappa shape index (κ2) is 19.7. The van der Waals surface area contributed by atoms with Gasteiger partial charge in [-0.3, -0.25) is 0 Å². The molecule has 0 bridgehead atoms. The van der Waals surface area contributed by atoms with Crippen molar-refractivity contribution in [2.24, 2.45) is 0 Å². The fourth-order valence-corrected chi connectivity index (χ4v) is 12.8. The van der Waals surface area contributed by atoms with E-state index in [0.717, 1.165) is 11.8 Å². The molecule has 0 aromatic rings. The van der Waals surface area contributed by atoms with Gasteiger partial charge in [0.25, 0.3) is 7.41 Å². The highest BCUT2D eigenvalue weighted by atomic mass is 80.9. The first kappa shape index (κ1) is 49.3. The van der Waals surface area contributed by atoms with Crippen LogP contribution in [0, 0.1) is 0 Å². The van der Waals surface area contributed by atoms with E-state index < -0.39 is 24.7 Å². The molecule has 0 fully saturated rings. The van der Waals surface area contributed by atoms with E-state index in [4.69, 9.17) is 22.9 Å². The van der Waals surface area contributed by atoms with Gasteiger partial charge in [0.05, 0.1) is 0 Å². The van der Waals surface area contributed by atoms with Gasteiger partial charge in [-0.15, -0.1) is 0 Å². The average Bonchev–Trinajstić information content (AvgIpc) is 2.90. The zero-order chi connectivity index (χ0) is 35.8. The summed E-state index contributed by atoms with van der Waals surface area (Å²) in [7, 11) is -3.40. The lowest BCUT2D eigenvalue weighted by Crippen LogP contribution is -2.57. The molecule has 0 radical (unpaired) electrons. The fourth-order valence-electron chi connectivity index (χ4n) is 4.06. The van der Waals surface area contributed by atoms with Gasteiger partial charge in [-0.05, 0) is 56.3 Å². The quantitative estimate of drug-likeness (QED) is 0.261. The van der Waals surface area contributed by atoms with Gasteiger partial charge in [0.15, 0.2) is 0 Å². The van der Waals surface area contributed by atoms with Crippen molar-refractivity contribution < 1.29 is 0 Å². The maximum atomic E-state index is 6.42. The normalized spacial score (nSPS) is 16.9. The van der Waals surface area contributed by atoms with Crippen LogP contribution in [0.4, 0.5) is 0 Å². The molecule has 0 aromatic heterocycles. The van der Waals surface area contributed by atoms with E-state index in [1.54, 1.807) is 0 Å². The Balaban J connectivity index is 0. The Labute approximate surface area is 331 Å². The van der Waals surface area contributed by atoms with E-state index >= 15 is 0 Å². The highest BCUT2D eigenvalue weighted by Gasteiger charge is 2.45. The van der Waals surface area contributed by atoms with Crippen molar-refractivity contribution in [3.8, 4) is 0 Å². The van der Waals surface area contributed by atoms with Gasteiger partial charge in [0, 0.05) is 32.6 Å². The highest BCUT2D eigenvalue weighted by molar-refractivity contribution is 9.93. The number of rotatable bonds is 3. The summed E-state index contributed by atoms with van der Waals surface area (Å²) >= 11 is 25.3. The first-order valence-electron chi connectivity index (χ1n) is 15.4. The number of allylic oxidation sites excluding steroid dienone is 6. The smallest absolute Gasteiger partial charge is 0.393 e. The number of halogens is 6. The van der Waals surface area contributed by atoms with Crippen LogP contribution in [0.25, 0.3) is 0 Å². The van der Waals surface area contributed by atoms with Gasteiger partial charge >= 0.3 is 12.5 Å². The molecule has 3 heterocycles. The standard InChI is InChI=1S/C10H18BBrClNSi.C10H19BBrNSi.C10H19BClNSi.CH4.Br2/c1-10(2,3)15(4,5)14-8-6-7-9(12)11(14)13;1-10(2,3)14(4,5)13-8-6-7-9(12)11-13;1-10(2,3)14(4,5)13-9-7-6-8-11(13)12;;1-2/h6-8H,1-5H3;6-8,11H,1-5H3;6-9H,1-5H3;1H4;. The molecule has 3 aliphatic heterocycles. The summed E-state index contributed by atoms with van der Waals surface area (Å²) < 4.78 is 9.53. The summed E-state index contributed by atoms with van der Waals surface area (Å²) in [5.74, 6) is 2.04. The lowest BCUT2D eigenvalue weighted by atomic mass is 9.90. The Morgan fingerprint density at radius 3 is 1.46 bits per heavy atom. The van der Waals surface area contributed by atoms with Gasteiger partial charge in [-0.25, -0.2) is 0 Å². The molecule has 0 saturated heterocycles.